The molecule has 0 amide bonds. The summed E-state index contributed by atoms with van der Waals surface area (Å²) in [6, 6.07) is 20.1. The van der Waals surface area contributed by atoms with E-state index in [1.807, 2.05) is 24.3 Å². The molecule has 0 N–H and O–H groups in total. The molecule has 33 heavy (non-hydrogen) atoms. The standard InChI is InChI=1S/C30H19F3/c1-2-3-4-21-5-7-22(8-6-21)9-10-23-12-17-27-26(19-23)16-15-25(30(27)33)14-11-24-13-18-28(31)29(32)20-24/h2,5-8,12-13,15-20H,1,3-4H2. The van der Waals surface area contributed by atoms with Crippen LogP contribution in [0.25, 0.3) is 10.8 Å². The summed E-state index contributed by atoms with van der Waals surface area (Å²) in [4.78, 5) is 0. The highest BCUT2D eigenvalue weighted by molar-refractivity contribution is 5.86. The maximum Gasteiger partial charge on any atom is 0.160 e. The molecule has 4 aromatic carbocycles. The number of benzene rings is 4. The molecule has 0 atom stereocenters. The number of allylic oxidation sites excluding steroid dienone is 1. The van der Waals surface area contributed by atoms with Gasteiger partial charge < -0.3 is 0 Å². The predicted octanol–water partition coefficient (Wildman–Crippen LogP) is 7.18. The van der Waals surface area contributed by atoms with Gasteiger partial charge in [0.25, 0.3) is 0 Å². The SMILES string of the molecule is C=CCCc1ccc(C#Cc2ccc3c(F)c(C#Cc4ccc(F)c(F)c4)ccc3c2)cc1. The first kappa shape index (κ1) is 22.0. The van der Waals surface area contributed by atoms with Crippen LogP contribution in [-0.4, -0.2) is 0 Å². The largest absolute Gasteiger partial charge is 0.205 e. The summed E-state index contributed by atoms with van der Waals surface area (Å²) in [6.07, 6.45) is 3.80. The smallest absolute Gasteiger partial charge is 0.160 e. The summed E-state index contributed by atoms with van der Waals surface area (Å²) in [6.45, 7) is 3.74. The second kappa shape index (κ2) is 9.94. The molecule has 0 spiro atoms. The molecule has 0 aliphatic carbocycles. The molecular formula is C30H19F3. The van der Waals surface area contributed by atoms with Crippen molar-refractivity contribution in [3.63, 3.8) is 0 Å². The van der Waals surface area contributed by atoms with Crippen molar-refractivity contribution in [2.24, 2.45) is 0 Å². The predicted molar refractivity (Wildman–Crippen MR) is 127 cm³/mol. The fourth-order valence-corrected chi connectivity index (χ4v) is 3.35. The third-order valence-electron chi connectivity index (χ3n) is 5.16. The molecule has 0 nitrogen and oxygen atoms in total. The van der Waals surface area contributed by atoms with E-state index in [4.69, 9.17) is 0 Å². The Balaban J connectivity index is 1.56. The van der Waals surface area contributed by atoms with Gasteiger partial charge in [0.15, 0.2) is 11.6 Å². The summed E-state index contributed by atoms with van der Waals surface area (Å²) < 4.78 is 41.3. The van der Waals surface area contributed by atoms with Crippen LogP contribution in [-0.2, 0) is 6.42 Å². The molecule has 4 aromatic rings. The maximum atomic E-state index is 14.9. The molecular weight excluding hydrogens is 417 g/mol. The molecule has 0 saturated heterocycles. The molecule has 0 unspecified atom stereocenters. The van der Waals surface area contributed by atoms with E-state index in [1.54, 1.807) is 24.3 Å². The Kier molecular flexibility index (Phi) is 6.63. The highest BCUT2D eigenvalue weighted by atomic mass is 19.2. The van der Waals surface area contributed by atoms with Crippen molar-refractivity contribution < 1.29 is 13.2 Å². The Labute approximate surface area is 191 Å². The zero-order valence-electron chi connectivity index (χ0n) is 17.8. The number of aryl methyl sites for hydroxylation is 1. The number of fused-ring (bicyclic) bond motifs is 1. The molecule has 3 heteroatoms. The van der Waals surface area contributed by atoms with Crippen LogP contribution >= 0.6 is 0 Å². The molecule has 0 radical (unpaired) electrons. The summed E-state index contributed by atoms with van der Waals surface area (Å²) in [7, 11) is 0. The van der Waals surface area contributed by atoms with Gasteiger partial charge in [-0.1, -0.05) is 54.0 Å². The number of rotatable bonds is 3. The van der Waals surface area contributed by atoms with Crippen molar-refractivity contribution in [3.05, 3.63) is 131 Å². The average molecular weight is 436 g/mol. The van der Waals surface area contributed by atoms with Gasteiger partial charge in [0.05, 0.1) is 5.56 Å². The number of hydrogen-bond acceptors (Lipinski definition) is 0. The summed E-state index contributed by atoms with van der Waals surface area (Å²) >= 11 is 0. The second-order valence-electron chi connectivity index (χ2n) is 7.52. The zero-order chi connectivity index (χ0) is 23.2. The molecule has 0 fully saturated rings. The molecule has 160 valence electrons. The highest BCUT2D eigenvalue weighted by Gasteiger charge is 2.06. The van der Waals surface area contributed by atoms with E-state index in [0.717, 1.165) is 36.1 Å². The fourth-order valence-electron chi connectivity index (χ4n) is 3.35. The van der Waals surface area contributed by atoms with E-state index in [0.29, 0.717) is 10.8 Å². The lowest BCUT2D eigenvalue weighted by Crippen LogP contribution is -1.88. The lowest BCUT2D eigenvalue weighted by atomic mass is 10.0. The van der Waals surface area contributed by atoms with Crippen molar-refractivity contribution in [1.82, 2.24) is 0 Å². The third kappa shape index (κ3) is 5.35. The van der Waals surface area contributed by atoms with Gasteiger partial charge in [-0.2, -0.15) is 0 Å². The molecule has 4 rings (SSSR count). The van der Waals surface area contributed by atoms with Gasteiger partial charge in [-0.3, -0.25) is 0 Å². The minimum atomic E-state index is -0.988. The lowest BCUT2D eigenvalue weighted by molar-refractivity contribution is 0.508. The first-order valence-electron chi connectivity index (χ1n) is 10.4. The van der Waals surface area contributed by atoms with E-state index >= 15 is 0 Å². The Morgan fingerprint density at radius 1 is 0.667 bits per heavy atom. The number of halogens is 3. The minimum absolute atomic E-state index is 0.183. The van der Waals surface area contributed by atoms with Crippen LogP contribution in [0.1, 0.15) is 34.2 Å². The summed E-state index contributed by atoms with van der Waals surface area (Å²) in [5.41, 5.74) is 3.38. The van der Waals surface area contributed by atoms with Crippen LogP contribution in [0.4, 0.5) is 13.2 Å². The van der Waals surface area contributed by atoms with Gasteiger partial charge in [-0.25, -0.2) is 13.2 Å². The van der Waals surface area contributed by atoms with Crippen molar-refractivity contribution >= 4 is 10.8 Å². The fraction of sp³-hybridized carbons (Fsp3) is 0.0667. The number of hydrogen-bond donors (Lipinski definition) is 0. The molecule has 0 aromatic heterocycles. The van der Waals surface area contributed by atoms with Crippen LogP contribution in [0.3, 0.4) is 0 Å². The first-order chi connectivity index (χ1) is 16.0. The van der Waals surface area contributed by atoms with Gasteiger partial charge in [0.2, 0.25) is 0 Å². The quantitative estimate of drug-likeness (QED) is 0.236. The topological polar surface area (TPSA) is 0 Å². The average Bonchev–Trinajstić information content (AvgIpc) is 2.83. The van der Waals surface area contributed by atoms with Gasteiger partial charge in [0, 0.05) is 22.1 Å². The van der Waals surface area contributed by atoms with Crippen molar-refractivity contribution in [2.75, 3.05) is 0 Å². The minimum Gasteiger partial charge on any atom is -0.205 e. The molecule has 0 aliphatic heterocycles. The second-order valence-corrected chi connectivity index (χ2v) is 7.52. The molecule has 0 heterocycles. The van der Waals surface area contributed by atoms with E-state index in [2.05, 4.69) is 42.4 Å². The Bertz CT molecular complexity index is 1460. The van der Waals surface area contributed by atoms with E-state index in [-0.39, 0.29) is 11.1 Å². The maximum absolute atomic E-state index is 14.9. The molecule has 0 saturated carbocycles. The van der Waals surface area contributed by atoms with Crippen LogP contribution < -0.4 is 0 Å². The summed E-state index contributed by atoms with van der Waals surface area (Å²) in [5, 5.41) is 1.13. The Hall–Kier alpha value is -4.21. The Morgan fingerprint density at radius 3 is 2.09 bits per heavy atom. The van der Waals surface area contributed by atoms with Crippen LogP contribution in [0.15, 0.2) is 85.5 Å². The lowest BCUT2D eigenvalue weighted by Gasteiger charge is -2.03. The van der Waals surface area contributed by atoms with Crippen LogP contribution in [0, 0.1) is 41.1 Å². The zero-order valence-corrected chi connectivity index (χ0v) is 17.8. The van der Waals surface area contributed by atoms with Gasteiger partial charge in [-0.15, -0.1) is 6.58 Å². The first-order valence-corrected chi connectivity index (χ1v) is 10.4. The van der Waals surface area contributed by atoms with Crippen molar-refractivity contribution in [1.29, 1.82) is 0 Å². The highest BCUT2D eigenvalue weighted by Crippen LogP contribution is 2.22. The van der Waals surface area contributed by atoms with Crippen molar-refractivity contribution in [3.8, 4) is 23.7 Å². The van der Waals surface area contributed by atoms with Crippen LogP contribution in [0.5, 0.6) is 0 Å². The normalized spacial score (nSPS) is 10.2. The third-order valence-corrected chi connectivity index (χ3v) is 5.16. The summed E-state index contributed by atoms with van der Waals surface area (Å²) in [5.74, 6) is 9.24. The van der Waals surface area contributed by atoms with E-state index in [9.17, 15) is 13.2 Å². The van der Waals surface area contributed by atoms with Gasteiger partial charge in [-0.05, 0) is 72.3 Å². The van der Waals surface area contributed by atoms with E-state index < -0.39 is 17.5 Å². The monoisotopic (exact) mass is 436 g/mol. The van der Waals surface area contributed by atoms with Gasteiger partial charge >= 0.3 is 0 Å². The molecule has 0 bridgehead atoms. The Morgan fingerprint density at radius 2 is 1.33 bits per heavy atom. The van der Waals surface area contributed by atoms with Crippen molar-refractivity contribution in [2.45, 2.75) is 12.8 Å². The molecule has 0 aliphatic rings. The van der Waals surface area contributed by atoms with Gasteiger partial charge in [0.1, 0.15) is 5.82 Å². The van der Waals surface area contributed by atoms with E-state index in [1.165, 1.54) is 11.6 Å². The van der Waals surface area contributed by atoms with Crippen LogP contribution in [0.2, 0.25) is 0 Å².